The second kappa shape index (κ2) is 4.03. The van der Waals surface area contributed by atoms with E-state index in [1.54, 1.807) is 12.1 Å². The van der Waals surface area contributed by atoms with Gasteiger partial charge in [-0.1, -0.05) is 6.92 Å². The Balaban J connectivity index is 2.65. The molecule has 0 amide bonds. The number of aryl methyl sites for hydroxylation is 1. The highest BCUT2D eigenvalue weighted by Crippen LogP contribution is 2.24. The number of rotatable bonds is 3. The van der Waals surface area contributed by atoms with Gasteiger partial charge in [-0.05, 0) is 43.1 Å². The Kier molecular flexibility index (Phi) is 2.73. The van der Waals surface area contributed by atoms with Gasteiger partial charge in [-0.15, -0.1) is 0 Å². The third-order valence-corrected chi connectivity index (χ3v) is 2.70. The van der Waals surface area contributed by atoms with Crippen molar-refractivity contribution in [2.45, 2.75) is 19.8 Å². The van der Waals surface area contributed by atoms with Crippen LogP contribution in [0.5, 0.6) is 0 Å². The van der Waals surface area contributed by atoms with E-state index in [9.17, 15) is 4.39 Å². The zero-order valence-electron chi connectivity index (χ0n) is 8.81. The minimum Gasteiger partial charge on any atom is -0.358 e. The van der Waals surface area contributed by atoms with Crippen molar-refractivity contribution in [3.05, 3.63) is 35.3 Å². The van der Waals surface area contributed by atoms with E-state index in [0.717, 1.165) is 29.3 Å². The lowest BCUT2D eigenvalue weighted by Gasteiger charge is -1.99. The smallest absolute Gasteiger partial charge is 0.123 e. The molecule has 0 saturated heterocycles. The summed E-state index contributed by atoms with van der Waals surface area (Å²) in [5.41, 5.74) is 8.89. The molecule has 15 heavy (non-hydrogen) atoms. The minimum atomic E-state index is -0.192. The van der Waals surface area contributed by atoms with Crippen LogP contribution in [0.4, 0.5) is 4.39 Å². The zero-order valence-corrected chi connectivity index (χ0v) is 8.81. The highest BCUT2D eigenvalue weighted by atomic mass is 19.1. The predicted molar refractivity (Wildman–Crippen MR) is 60.4 cm³/mol. The molecular formula is C12H15FN2. The molecule has 0 atom stereocenters. The van der Waals surface area contributed by atoms with Crippen molar-refractivity contribution in [1.82, 2.24) is 4.98 Å². The number of aromatic amines is 1. The maximum Gasteiger partial charge on any atom is 0.123 e. The fourth-order valence-corrected chi connectivity index (χ4v) is 2.01. The molecule has 0 spiro atoms. The van der Waals surface area contributed by atoms with E-state index in [-0.39, 0.29) is 5.82 Å². The molecule has 0 fully saturated rings. The zero-order chi connectivity index (χ0) is 10.8. The Morgan fingerprint density at radius 2 is 2.20 bits per heavy atom. The van der Waals surface area contributed by atoms with Crippen LogP contribution in [0.2, 0.25) is 0 Å². The fourth-order valence-electron chi connectivity index (χ4n) is 2.01. The Hall–Kier alpha value is -1.35. The van der Waals surface area contributed by atoms with Crippen LogP contribution >= 0.6 is 0 Å². The number of aromatic nitrogens is 1. The lowest BCUT2D eigenvalue weighted by molar-refractivity contribution is 0.629. The van der Waals surface area contributed by atoms with Gasteiger partial charge in [0.05, 0.1) is 0 Å². The molecule has 3 N–H and O–H groups in total. The fraction of sp³-hybridized carbons (Fsp3) is 0.333. The molecule has 80 valence electrons. The van der Waals surface area contributed by atoms with E-state index in [2.05, 4.69) is 11.9 Å². The van der Waals surface area contributed by atoms with E-state index in [4.69, 9.17) is 5.73 Å². The van der Waals surface area contributed by atoms with Gasteiger partial charge in [-0.25, -0.2) is 4.39 Å². The number of halogens is 1. The van der Waals surface area contributed by atoms with Crippen LogP contribution in [0.15, 0.2) is 18.2 Å². The maximum atomic E-state index is 13.1. The number of H-pyrrole nitrogens is 1. The average Bonchev–Trinajstić information content (AvgIpc) is 2.57. The first-order chi connectivity index (χ1) is 7.26. The molecule has 0 bridgehead atoms. The molecule has 0 aliphatic rings. The summed E-state index contributed by atoms with van der Waals surface area (Å²) in [5.74, 6) is -0.192. The van der Waals surface area contributed by atoms with Crippen LogP contribution < -0.4 is 5.73 Å². The van der Waals surface area contributed by atoms with Crippen molar-refractivity contribution >= 4 is 10.9 Å². The van der Waals surface area contributed by atoms with Gasteiger partial charge in [-0.2, -0.15) is 0 Å². The van der Waals surface area contributed by atoms with Crippen LogP contribution in [0.25, 0.3) is 10.9 Å². The third kappa shape index (κ3) is 1.75. The third-order valence-electron chi connectivity index (χ3n) is 2.70. The summed E-state index contributed by atoms with van der Waals surface area (Å²) >= 11 is 0. The van der Waals surface area contributed by atoms with Crippen LogP contribution in [-0.2, 0) is 12.8 Å². The highest BCUT2D eigenvalue weighted by Gasteiger charge is 2.09. The van der Waals surface area contributed by atoms with Crippen molar-refractivity contribution in [1.29, 1.82) is 0 Å². The Bertz CT molecular complexity index is 474. The molecule has 0 saturated carbocycles. The van der Waals surface area contributed by atoms with E-state index in [1.807, 2.05) is 0 Å². The largest absolute Gasteiger partial charge is 0.358 e. The molecule has 2 rings (SSSR count). The number of fused-ring (bicyclic) bond motifs is 1. The summed E-state index contributed by atoms with van der Waals surface area (Å²) in [6.45, 7) is 2.68. The standard InChI is InChI=1S/C12H15FN2/c1-2-11-9(5-6-14)10-7-8(13)3-4-12(10)15-11/h3-4,7,15H,2,5-6,14H2,1H3. The molecule has 0 aliphatic carbocycles. The van der Waals surface area contributed by atoms with E-state index in [0.29, 0.717) is 6.54 Å². The van der Waals surface area contributed by atoms with Crippen LogP contribution in [0.3, 0.4) is 0 Å². The minimum absolute atomic E-state index is 0.192. The van der Waals surface area contributed by atoms with Crippen molar-refractivity contribution in [3.8, 4) is 0 Å². The van der Waals surface area contributed by atoms with Crippen molar-refractivity contribution < 1.29 is 4.39 Å². The molecule has 1 heterocycles. The second-order valence-corrected chi connectivity index (χ2v) is 3.66. The van der Waals surface area contributed by atoms with Crippen LogP contribution in [0, 0.1) is 5.82 Å². The van der Waals surface area contributed by atoms with Gasteiger partial charge in [0.25, 0.3) is 0 Å². The number of nitrogens with one attached hydrogen (secondary N) is 1. The van der Waals surface area contributed by atoms with Gasteiger partial charge in [-0.3, -0.25) is 0 Å². The summed E-state index contributed by atoms with van der Waals surface area (Å²) in [4.78, 5) is 3.30. The first-order valence-electron chi connectivity index (χ1n) is 5.25. The van der Waals surface area contributed by atoms with E-state index < -0.39 is 0 Å². The number of nitrogens with two attached hydrogens (primary N) is 1. The van der Waals surface area contributed by atoms with Gasteiger partial charge in [0.15, 0.2) is 0 Å². The second-order valence-electron chi connectivity index (χ2n) is 3.66. The van der Waals surface area contributed by atoms with Gasteiger partial charge in [0.1, 0.15) is 5.82 Å². The van der Waals surface area contributed by atoms with Crippen molar-refractivity contribution in [3.63, 3.8) is 0 Å². The Labute approximate surface area is 88.3 Å². The molecule has 3 heteroatoms. The quantitative estimate of drug-likeness (QED) is 0.795. The monoisotopic (exact) mass is 206 g/mol. The predicted octanol–water partition coefficient (Wildman–Crippen LogP) is 2.37. The summed E-state index contributed by atoms with van der Waals surface area (Å²) < 4.78 is 13.1. The van der Waals surface area contributed by atoms with Crippen LogP contribution in [0.1, 0.15) is 18.2 Å². The summed E-state index contributed by atoms with van der Waals surface area (Å²) in [6.07, 6.45) is 1.72. The average molecular weight is 206 g/mol. The number of hydrogen-bond acceptors (Lipinski definition) is 1. The van der Waals surface area contributed by atoms with Gasteiger partial charge in [0.2, 0.25) is 0 Å². The number of hydrogen-bond donors (Lipinski definition) is 2. The summed E-state index contributed by atoms with van der Waals surface area (Å²) in [7, 11) is 0. The van der Waals surface area contributed by atoms with Gasteiger partial charge >= 0.3 is 0 Å². The van der Waals surface area contributed by atoms with Crippen LogP contribution in [-0.4, -0.2) is 11.5 Å². The van der Waals surface area contributed by atoms with Gasteiger partial charge in [0, 0.05) is 16.6 Å². The van der Waals surface area contributed by atoms with Gasteiger partial charge < -0.3 is 10.7 Å². The molecule has 2 nitrogen and oxygen atoms in total. The number of benzene rings is 1. The lowest BCUT2D eigenvalue weighted by Crippen LogP contribution is -2.04. The lowest BCUT2D eigenvalue weighted by atomic mass is 10.1. The van der Waals surface area contributed by atoms with E-state index in [1.165, 1.54) is 11.8 Å². The maximum absolute atomic E-state index is 13.1. The normalized spacial score (nSPS) is 11.1. The van der Waals surface area contributed by atoms with Crippen molar-refractivity contribution in [2.75, 3.05) is 6.54 Å². The highest BCUT2D eigenvalue weighted by molar-refractivity contribution is 5.84. The Morgan fingerprint density at radius 1 is 1.40 bits per heavy atom. The summed E-state index contributed by atoms with van der Waals surface area (Å²) in [6, 6.07) is 4.84. The molecule has 0 aliphatic heterocycles. The molecular weight excluding hydrogens is 191 g/mol. The van der Waals surface area contributed by atoms with E-state index >= 15 is 0 Å². The molecule has 1 aromatic heterocycles. The molecule has 0 unspecified atom stereocenters. The molecule has 2 aromatic rings. The first kappa shape index (κ1) is 10.2. The SMILES string of the molecule is CCc1[nH]c2ccc(F)cc2c1CCN. The molecule has 1 aromatic carbocycles. The van der Waals surface area contributed by atoms with Crippen molar-refractivity contribution in [2.24, 2.45) is 5.73 Å². The molecule has 0 radical (unpaired) electrons. The first-order valence-corrected chi connectivity index (χ1v) is 5.25. The Morgan fingerprint density at radius 3 is 2.87 bits per heavy atom. The summed E-state index contributed by atoms with van der Waals surface area (Å²) in [5, 5.41) is 0.970. The topological polar surface area (TPSA) is 41.8 Å².